The largest absolute Gasteiger partial charge is 0.496 e. The highest BCUT2D eigenvalue weighted by Crippen LogP contribution is 2.39. The van der Waals surface area contributed by atoms with E-state index in [-0.39, 0.29) is 23.7 Å². The van der Waals surface area contributed by atoms with Crippen LogP contribution in [0.3, 0.4) is 0 Å². The minimum absolute atomic E-state index is 0. The van der Waals surface area contributed by atoms with Crippen molar-refractivity contribution in [2.45, 2.75) is 43.7 Å². The number of likely N-dealkylation sites (tertiary alicyclic amines) is 2. The summed E-state index contributed by atoms with van der Waals surface area (Å²) < 4.78 is 15.1. The molecule has 13 heteroatoms. The number of methoxy groups -OCH3 is 1. The molecule has 3 aromatic heterocycles. The van der Waals surface area contributed by atoms with Gasteiger partial charge in [-0.2, -0.15) is 0 Å². The smallest absolute Gasteiger partial charge is 0.257 e. The Hall–Kier alpha value is -5.20. The van der Waals surface area contributed by atoms with E-state index in [1.54, 1.807) is 24.1 Å². The molecule has 5 heterocycles. The molecule has 2 aliphatic heterocycles. The number of tetrazole rings is 1. The molecule has 2 aliphatic rings. The van der Waals surface area contributed by atoms with Crippen LogP contribution in [0.1, 0.15) is 47.4 Å². The van der Waals surface area contributed by atoms with E-state index in [9.17, 15) is 4.79 Å². The van der Waals surface area contributed by atoms with Crippen LogP contribution >= 0.6 is 12.4 Å². The summed E-state index contributed by atoms with van der Waals surface area (Å²) in [7, 11) is 1.59. The molecule has 0 bridgehead atoms. The first kappa shape index (κ1) is 34.3. The molecule has 264 valence electrons. The van der Waals surface area contributed by atoms with E-state index in [4.69, 9.17) is 14.1 Å². The molecule has 2 fully saturated rings. The van der Waals surface area contributed by atoms with Gasteiger partial charge >= 0.3 is 0 Å². The Bertz CT molecular complexity index is 2040. The average molecular weight is 708 g/mol. The lowest BCUT2D eigenvalue weighted by Gasteiger charge is -2.36. The van der Waals surface area contributed by atoms with Crippen molar-refractivity contribution in [3.05, 3.63) is 114 Å². The van der Waals surface area contributed by atoms with Crippen LogP contribution < -0.4 is 10.1 Å². The van der Waals surface area contributed by atoms with E-state index in [0.717, 1.165) is 68.1 Å². The predicted octanol–water partition coefficient (Wildman–Crippen LogP) is 5.83. The number of anilines is 1. The number of para-hydroxylation sites is 2. The highest BCUT2D eigenvalue weighted by Gasteiger charge is 2.42. The first-order valence-electron chi connectivity index (χ1n) is 17.3. The highest BCUT2D eigenvalue weighted by molar-refractivity contribution is 5.98. The molecule has 1 unspecified atom stereocenters. The number of ether oxygens (including phenoxy) is 1. The first-order valence-corrected chi connectivity index (χ1v) is 17.3. The quantitative estimate of drug-likeness (QED) is 0.177. The molecule has 0 radical (unpaired) electrons. The summed E-state index contributed by atoms with van der Waals surface area (Å²) in [6.45, 7) is 4.94. The molecule has 0 spiro atoms. The zero-order valence-electron chi connectivity index (χ0n) is 28.6. The van der Waals surface area contributed by atoms with E-state index in [1.807, 2.05) is 35.2 Å². The van der Waals surface area contributed by atoms with Gasteiger partial charge in [-0.05, 0) is 90.7 Å². The number of piperidine rings is 1. The van der Waals surface area contributed by atoms with E-state index in [0.29, 0.717) is 42.7 Å². The number of fused-ring (bicyclic) bond motifs is 1. The minimum Gasteiger partial charge on any atom is -0.496 e. The van der Waals surface area contributed by atoms with Gasteiger partial charge < -0.3 is 28.8 Å². The fourth-order valence-electron chi connectivity index (χ4n) is 7.64. The number of hydrogen-bond donors (Lipinski definition) is 1. The number of carbonyl (C=O) groups excluding carboxylic acids is 1. The molecular formula is C38H42ClN9O3. The third kappa shape index (κ3) is 7.06. The SMILES string of the molecule is COc1ccc(-n2cnnn2)cc1C(=O)N1CCC(CCN2CCC(Nc3nc4ccccc4n3Cc3ccco3)CC2)(c2ccccc2)C1.Cl. The fraction of sp³-hybridized carbons (Fsp3) is 0.342. The zero-order valence-corrected chi connectivity index (χ0v) is 29.4. The van der Waals surface area contributed by atoms with Crippen molar-refractivity contribution in [2.24, 2.45) is 0 Å². The van der Waals surface area contributed by atoms with Crippen LogP contribution in [0.15, 0.2) is 102 Å². The third-order valence-electron chi connectivity index (χ3n) is 10.4. The Morgan fingerprint density at radius 3 is 2.59 bits per heavy atom. The van der Waals surface area contributed by atoms with Crippen molar-refractivity contribution in [3.8, 4) is 11.4 Å². The fourth-order valence-corrected chi connectivity index (χ4v) is 7.64. The number of nitrogens with one attached hydrogen (secondary N) is 1. The second-order valence-electron chi connectivity index (χ2n) is 13.4. The summed E-state index contributed by atoms with van der Waals surface area (Å²) >= 11 is 0. The molecule has 1 atom stereocenters. The molecule has 51 heavy (non-hydrogen) atoms. The van der Waals surface area contributed by atoms with Crippen LogP contribution in [-0.2, 0) is 12.0 Å². The first-order chi connectivity index (χ1) is 24.6. The molecule has 3 aromatic carbocycles. The van der Waals surface area contributed by atoms with Crippen molar-refractivity contribution in [2.75, 3.05) is 45.2 Å². The number of benzene rings is 3. The molecule has 1 amide bonds. The molecule has 6 aromatic rings. The molecular weight excluding hydrogens is 666 g/mol. The van der Waals surface area contributed by atoms with E-state index in [2.05, 4.69) is 78.8 Å². The Morgan fingerprint density at radius 2 is 1.82 bits per heavy atom. The van der Waals surface area contributed by atoms with Gasteiger partial charge in [0.2, 0.25) is 5.95 Å². The van der Waals surface area contributed by atoms with Gasteiger partial charge in [-0.3, -0.25) is 4.79 Å². The minimum atomic E-state index is -0.136. The van der Waals surface area contributed by atoms with Gasteiger partial charge in [0.05, 0.1) is 42.2 Å². The van der Waals surface area contributed by atoms with Gasteiger partial charge in [0.15, 0.2) is 0 Å². The van der Waals surface area contributed by atoms with Crippen molar-refractivity contribution >= 4 is 35.3 Å². The maximum absolute atomic E-state index is 14.1. The molecule has 8 rings (SSSR count). The zero-order chi connectivity index (χ0) is 33.9. The maximum atomic E-state index is 14.1. The lowest BCUT2D eigenvalue weighted by atomic mass is 9.76. The predicted molar refractivity (Wildman–Crippen MR) is 197 cm³/mol. The normalized spacial score (nSPS) is 18.2. The highest BCUT2D eigenvalue weighted by atomic mass is 35.5. The van der Waals surface area contributed by atoms with Gasteiger partial charge in [-0.1, -0.05) is 42.5 Å². The lowest BCUT2D eigenvalue weighted by Crippen LogP contribution is -2.42. The van der Waals surface area contributed by atoms with Gasteiger partial charge in [-0.25, -0.2) is 9.67 Å². The van der Waals surface area contributed by atoms with Gasteiger partial charge in [-0.15, -0.1) is 17.5 Å². The number of halogens is 1. The Balaban J connectivity index is 0.00000406. The summed E-state index contributed by atoms with van der Waals surface area (Å²) in [6, 6.07) is 28.7. The van der Waals surface area contributed by atoms with Crippen molar-refractivity contribution < 1.29 is 13.9 Å². The van der Waals surface area contributed by atoms with Gasteiger partial charge in [0.25, 0.3) is 5.91 Å². The van der Waals surface area contributed by atoms with E-state index in [1.165, 1.54) is 11.9 Å². The summed E-state index contributed by atoms with van der Waals surface area (Å²) in [5.74, 6) is 2.29. The molecule has 2 saturated heterocycles. The summed E-state index contributed by atoms with van der Waals surface area (Å²) in [6.07, 6.45) is 7.18. The van der Waals surface area contributed by atoms with Gasteiger partial charge in [0.1, 0.15) is 17.8 Å². The Morgan fingerprint density at radius 1 is 1.00 bits per heavy atom. The molecule has 12 nitrogen and oxygen atoms in total. The van der Waals surface area contributed by atoms with E-state index < -0.39 is 0 Å². The van der Waals surface area contributed by atoms with Crippen LogP contribution in [0, 0.1) is 0 Å². The number of furan rings is 1. The summed E-state index contributed by atoms with van der Waals surface area (Å²) in [5, 5.41) is 15.3. The van der Waals surface area contributed by atoms with Crippen LogP contribution in [-0.4, -0.2) is 91.3 Å². The van der Waals surface area contributed by atoms with Crippen LogP contribution in [0.25, 0.3) is 16.7 Å². The van der Waals surface area contributed by atoms with Crippen LogP contribution in [0.4, 0.5) is 5.95 Å². The average Bonchev–Trinajstić information content (AvgIpc) is 4.00. The number of amides is 1. The Kier molecular flexibility index (Phi) is 10.0. The third-order valence-corrected chi connectivity index (χ3v) is 10.4. The molecule has 0 aliphatic carbocycles. The van der Waals surface area contributed by atoms with Crippen molar-refractivity contribution in [1.29, 1.82) is 0 Å². The Labute approximate surface area is 302 Å². The van der Waals surface area contributed by atoms with E-state index >= 15 is 0 Å². The second kappa shape index (κ2) is 15.0. The van der Waals surface area contributed by atoms with Crippen molar-refractivity contribution in [3.63, 3.8) is 0 Å². The number of carbonyl (C=O) groups is 1. The maximum Gasteiger partial charge on any atom is 0.257 e. The topological polar surface area (TPSA) is 119 Å². The number of nitrogens with zero attached hydrogens (tertiary/aromatic N) is 8. The summed E-state index contributed by atoms with van der Waals surface area (Å²) in [4.78, 5) is 23.6. The lowest BCUT2D eigenvalue weighted by molar-refractivity contribution is 0.0776. The number of aromatic nitrogens is 6. The summed E-state index contributed by atoms with van der Waals surface area (Å²) in [5.41, 5.74) is 4.45. The number of hydrogen-bond acceptors (Lipinski definition) is 9. The molecule has 1 N–H and O–H groups in total. The van der Waals surface area contributed by atoms with Crippen molar-refractivity contribution in [1.82, 2.24) is 39.6 Å². The van der Waals surface area contributed by atoms with Crippen LogP contribution in [0.2, 0.25) is 0 Å². The number of imidazole rings is 1. The van der Waals surface area contributed by atoms with Crippen LogP contribution in [0.5, 0.6) is 5.75 Å². The van der Waals surface area contributed by atoms with Gasteiger partial charge in [0, 0.05) is 37.6 Å². The second-order valence-corrected chi connectivity index (χ2v) is 13.4. The number of rotatable bonds is 11. The monoisotopic (exact) mass is 707 g/mol. The molecule has 0 saturated carbocycles. The standard InChI is InChI=1S/C38H41N9O3.ClH/c1-49-35-14-13-30(47-27-39-42-43-47)24-32(35)36(48)45-22-18-38(26-45,28-8-3-2-4-9-28)17-21-44-19-15-29(16-20-44)40-37-41-33-11-5-6-12-34(33)46(37)25-31-10-7-23-50-31;/h2-14,23-24,27,29H,15-22,25-26H2,1H3,(H,40,41);1H.